The topological polar surface area (TPSA) is 62.6 Å². The zero-order valence-electron chi connectivity index (χ0n) is 16.4. The molecule has 0 fully saturated rings. The second-order valence-electron chi connectivity index (χ2n) is 6.23. The standard InChI is InChI=1S/C22H21ClN2O4/c1-25-13-19(23)22(24-25)20(26)10-4-15-5-11-21(28-3)16(12-15)14-29-18-8-6-17(27-2)7-9-18/h4-13H,14H2,1-3H3/b10-4+. The lowest BCUT2D eigenvalue weighted by molar-refractivity contribution is 0.104. The first-order chi connectivity index (χ1) is 14.0. The smallest absolute Gasteiger partial charge is 0.207 e. The number of ketones is 1. The molecule has 0 aliphatic carbocycles. The molecule has 0 aliphatic heterocycles. The summed E-state index contributed by atoms with van der Waals surface area (Å²) in [5, 5.41) is 4.40. The van der Waals surface area contributed by atoms with Crippen LogP contribution in [0.3, 0.4) is 0 Å². The number of methoxy groups -OCH3 is 2. The van der Waals surface area contributed by atoms with Gasteiger partial charge in [-0.05, 0) is 48.0 Å². The van der Waals surface area contributed by atoms with E-state index in [1.54, 1.807) is 33.5 Å². The van der Waals surface area contributed by atoms with E-state index < -0.39 is 0 Å². The minimum absolute atomic E-state index is 0.224. The largest absolute Gasteiger partial charge is 0.497 e. The Hall–Kier alpha value is -3.25. The predicted molar refractivity (Wildman–Crippen MR) is 112 cm³/mol. The maximum atomic E-state index is 12.3. The molecule has 150 valence electrons. The SMILES string of the molecule is COc1ccc(OCc2cc(/C=C/C(=O)c3nn(C)cc3Cl)ccc2OC)cc1. The van der Waals surface area contributed by atoms with Gasteiger partial charge in [0, 0.05) is 18.8 Å². The zero-order chi connectivity index (χ0) is 20.8. The van der Waals surface area contributed by atoms with E-state index in [0.717, 1.165) is 16.9 Å². The molecule has 0 radical (unpaired) electrons. The number of hydrogen-bond acceptors (Lipinski definition) is 5. The molecule has 3 rings (SSSR count). The molecule has 6 nitrogen and oxygen atoms in total. The Labute approximate surface area is 174 Å². The van der Waals surface area contributed by atoms with Crippen LogP contribution < -0.4 is 14.2 Å². The van der Waals surface area contributed by atoms with Crippen molar-refractivity contribution in [2.24, 2.45) is 7.05 Å². The van der Waals surface area contributed by atoms with Crippen molar-refractivity contribution in [1.82, 2.24) is 9.78 Å². The molecule has 1 heterocycles. The fourth-order valence-electron chi connectivity index (χ4n) is 2.73. The maximum Gasteiger partial charge on any atom is 0.207 e. The van der Waals surface area contributed by atoms with Gasteiger partial charge in [0.2, 0.25) is 5.78 Å². The Kier molecular flexibility index (Phi) is 6.57. The fourth-order valence-corrected chi connectivity index (χ4v) is 3.00. The van der Waals surface area contributed by atoms with Gasteiger partial charge in [-0.3, -0.25) is 9.48 Å². The van der Waals surface area contributed by atoms with Crippen molar-refractivity contribution in [2.75, 3.05) is 14.2 Å². The lowest BCUT2D eigenvalue weighted by Crippen LogP contribution is -2.00. The third-order valence-electron chi connectivity index (χ3n) is 4.20. The molecule has 1 aromatic heterocycles. The Morgan fingerprint density at radius 1 is 1.10 bits per heavy atom. The van der Waals surface area contributed by atoms with E-state index in [1.807, 2.05) is 42.5 Å². The van der Waals surface area contributed by atoms with Crippen LogP contribution in [0.2, 0.25) is 5.02 Å². The maximum absolute atomic E-state index is 12.3. The first-order valence-electron chi connectivity index (χ1n) is 8.85. The summed E-state index contributed by atoms with van der Waals surface area (Å²) in [7, 11) is 4.94. The van der Waals surface area contributed by atoms with Gasteiger partial charge in [-0.15, -0.1) is 0 Å². The summed E-state index contributed by atoms with van der Waals surface area (Å²) in [6, 6.07) is 12.9. The van der Waals surface area contributed by atoms with Gasteiger partial charge in [-0.1, -0.05) is 23.7 Å². The van der Waals surface area contributed by atoms with Crippen LogP contribution in [0, 0.1) is 0 Å². The van der Waals surface area contributed by atoms with Crippen LogP contribution in [-0.4, -0.2) is 29.8 Å². The summed E-state index contributed by atoms with van der Waals surface area (Å²) in [5.41, 5.74) is 1.91. The van der Waals surface area contributed by atoms with Crippen molar-refractivity contribution in [1.29, 1.82) is 0 Å². The van der Waals surface area contributed by atoms with E-state index in [1.165, 1.54) is 10.8 Å². The number of aryl methyl sites for hydroxylation is 1. The highest BCUT2D eigenvalue weighted by Crippen LogP contribution is 2.24. The summed E-state index contributed by atoms with van der Waals surface area (Å²) in [5.74, 6) is 1.92. The monoisotopic (exact) mass is 412 g/mol. The number of ether oxygens (including phenoxy) is 3. The molecule has 0 amide bonds. The van der Waals surface area contributed by atoms with Gasteiger partial charge >= 0.3 is 0 Å². The highest BCUT2D eigenvalue weighted by atomic mass is 35.5. The lowest BCUT2D eigenvalue weighted by Gasteiger charge is -2.11. The van der Waals surface area contributed by atoms with Crippen molar-refractivity contribution in [2.45, 2.75) is 6.61 Å². The molecule has 0 unspecified atom stereocenters. The van der Waals surface area contributed by atoms with Crippen LogP contribution in [0.5, 0.6) is 17.2 Å². The molecule has 2 aromatic carbocycles. The molecule has 0 atom stereocenters. The molecule has 0 spiro atoms. The number of aromatic nitrogens is 2. The van der Waals surface area contributed by atoms with Gasteiger partial charge in [0.15, 0.2) is 5.69 Å². The first kappa shape index (κ1) is 20.5. The summed E-state index contributed by atoms with van der Waals surface area (Å²) in [6.45, 7) is 0.317. The second kappa shape index (κ2) is 9.30. The number of carbonyl (C=O) groups is 1. The van der Waals surface area contributed by atoms with Crippen LogP contribution in [0.4, 0.5) is 0 Å². The summed E-state index contributed by atoms with van der Waals surface area (Å²) >= 11 is 6.03. The Morgan fingerprint density at radius 2 is 1.83 bits per heavy atom. The molecule has 7 heteroatoms. The van der Waals surface area contributed by atoms with Gasteiger partial charge in [0.1, 0.15) is 23.9 Å². The lowest BCUT2D eigenvalue weighted by atomic mass is 10.1. The van der Waals surface area contributed by atoms with Crippen LogP contribution >= 0.6 is 11.6 Å². The molecule has 0 aliphatic rings. The number of halogens is 1. The molecular weight excluding hydrogens is 392 g/mol. The zero-order valence-corrected chi connectivity index (χ0v) is 17.1. The highest BCUT2D eigenvalue weighted by Gasteiger charge is 2.12. The van der Waals surface area contributed by atoms with Crippen molar-refractivity contribution in [3.8, 4) is 17.2 Å². The number of benzene rings is 2. The summed E-state index contributed by atoms with van der Waals surface area (Å²) in [4.78, 5) is 12.3. The highest BCUT2D eigenvalue weighted by molar-refractivity contribution is 6.34. The van der Waals surface area contributed by atoms with Gasteiger partial charge in [0.05, 0.1) is 19.2 Å². The number of rotatable bonds is 8. The molecule has 0 bridgehead atoms. The van der Waals surface area contributed by atoms with Gasteiger partial charge < -0.3 is 14.2 Å². The second-order valence-corrected chi connectivity index (χ2v) is 6.64. The third-order valence-corrected chi connectivity index (χ3v) is 4.48. The van der Waals surface area contributed by atoms with Gasteiger partial charge in [0.25, 0.3) is 0 Å². The third kappa shape index (κ3) is 5.18. The van der Waals surface area contributed by atoms with Crippen molar-refractivity contribution < 1.29 is 19.0 Å². The Bertz CT molecular complexity index is 1030. The van der Waals surface area contributed by atoms with Crippen molar-refractivity contribution in [3.05, 3.63) is 76.6 Å². The van der Waals surface area contributed by atoms with Gasteiger partial charge in [-0.2, -0.15) is 5.10 Å². The van der Waals surface area contributed by atoms with Crippen LogP contribution in [-0.2, 0) is 13.7 Å². The normalized spacial score (nSPS) is 10.9. The van der Waals surface area contributed by atoms with E-state index in [4.69, 9.17) is 25.8 Å². The Balaban J connectivity index is 1.73. The first-order valence-corrected chi connectivity index (χ1v) is 9.23. The number of nitrogens with zero attached hydrogens (tertiary/aromatic N) is 2. The summed E-state index contributed by atoms with van der Waals surface area (Å²) in [6.07, 6.45) is 4.75. The minimum atomic E-state index is -0.262. The van der Waals surface area contributed by atoms with E-state index >= 15 is 0 Å². The minimum Gasteiger partial charge on any atom is -0.497 e. The van der Waals surface area contributed by atoms with Crippen LogP contribution in [0.1, 0.15) is 21.6 Å². The summed E-state index contributed by atoms with van der Waals surface area (Å²) < 4.78 is 17.9. The Morgan fingerprint density at radius 3 is 2.45 bits per heavy atom. The number of hydrogen-bond donors (Lipinski definition) is 0. The quantitative estimate of drug-likeness (QED) is 0.400. The van der Waals surface area contributed by atoms with E-state index in [9.17, 15) is 4.79 Å². The molecular formula is C22H21ClN2O4. The van der Waals surface area contributed by atoms with Crippen LogP contribution in [0.15, 0.2) is 54.7 Å². The average Bonchev–Trinajstić information content (AvgIpc) is 3.08. The van der Waals surface area contributed by atoms with Gasteiger partial charge in [-0.25, -0.2) is 0 Å². The van der Waals surface area contributed by atoms with Crippen LogP contribution in [0.25, 0.3) is 6.08 Å². The number of carbonyl (C=O) groups excluding carboxylic acids is 1. The molecule has 0 saturated heterocycles. The van der Waals surface area contributed by atoms with Crippen molar-refractivity contribution in [3.63, 3.8) is 0 Å². The van der Waals surface area contributed by atoms with E-state index in [0.29, 0.717) is 23.1 Å². The van der Waals surface area contributed by atoms with E-state index in [-0.39, 0.29) is 11.5 Å². The molecule has 3 aromatic rings. The fraction of sp³-hybridized carbons (Fsp3) is 0.182. The average molecular weight is 413 g/mol. The molecule has 0 saturated carbocycles. The number of allylic oxidation sites excluding steroid dienone is 1. The van der Waals surface area contributed by atoms with Crippen molar-refractivity contribution >= 4 is 23.5 Å². The predicted octanol–water partition coefficient (Wildman–Crippen LogP) is 4.57. The molecule has 0 N–H and O–H groups in total. The van der Waals surface area contributed by atoms with E-state index in [2.05, 4.69) is 5.10 Å². The molecule has 29 heavy (non-hydrogen) atoms.